The van der Waals surface area contributed by atoms with E-state index < -0.39 is 6.04 Å². The fraction of sp³-hybridized carbons (Fsp3) is 0.105. The average molecular weight is 375 g/mol. The highest BCUT2D eigenvalue weighted by Crippen LogP contribution is 2.24. The van der Waals surface area contributed by atoms with Gasteiger partial charge in [0.2, 0.25) is 5.91 Å². The minimum atomic E-state index is -0.552. The number of amides is 1. The van der Waals surface area contributed by atoms with Crippen molar-refractivity contribution in [1.82, 2.24) is 5.32 Å². The summed E-state index contributed by atoms with van der Waals surface area (Å²) in [7, 11) is 0. The number of benzene rings is 2. The van der Waals surface area contributed by atoms with Crippen LogP contribution >= 0.6 is 23.2 Å². The second-order valence-corrected chi connectivity index (χ2v) is 6.32. The number of furan rings is 1. The molecule has 25 heavy (non-hydrogen) atoms. The molecule has 1 aromatic heterocycles. The van der Waals surface area contributed by atoms with E-state index in [2.05, 4.69) is 10.6 Å². The molecular formula is C19H16Cl2N2O2. The first-order chi connectivity index (χ1) is 12.1. The van der Waals surface area contributed by atoms with Gasteiger partial charge in [0, 0.05) is 15.7 Å². The molecule has 0 radical (unpaired) electrons. The molecule has 0 bridgehead atoms. The second-order valence-electron chi connectivity index (χ2n) is 5.45. The number of hydrogen-bond donors (Lipinski definition) is 2. The lowest BCUT2D eigenvalue weighted by molar-refractivity contribution is -0.118. The molecule has 3 rings (SSSR count). The predicted molar refractivity (Wildman–Crippen MR) is 99.8 cm³/mol. The van der Waals surface area contributed by atoms with Gasteiger partial charge in [0.25, 0.3) is 0 Å². The van der Waals surface area contributed by atoms with Gasteiger partial charge in [0.05, 0.1) is 12.8 Å². The Hall–Kier alpha value is -2.27. The van der Waals surface area contributed by atoms with Gasteiger partial charge < -0.3 is 9.73 Å². The lowest BCUT2D eigenvalue weighted by Crippen LogP contribution is -2.32. The van der Waals surface area contributed by atoms with Crippen LogP contribution in [0, 0.1) is 0 Å². The summed E-state index contributed by atoms with van der Waals surface area (Å²) in [6.07, 6.45) is 1.60. The van der Waals surface area contributed by atoms with Gasteiger partial charge in [-0.15, -0.1) is 0 Å². The van der Waals surface area contributed by atoms with Crippen LogP contribution in [0.2, 0.25) is 10.0 Å². The molecule has 6 heteroatoms. The summed E-state index contributed by atoms with van der Waals surface area (Å²) >= 11 is 12.0. The monoisotopic (exact) mass is 374 g/mol. The normalized spacial score (nSPS) is 11.9. The predicted octanol–water partition coefficient (Wildman–Crippen LogP) is 5.06. The van der Waals surface area contributed by atoms with Crippen molar-refractivity contribution in [3.8, 4) is 0 Å². The Labute approximate surface area is 155 Å². The van der Waals surface area contributed by atoms with Crippen LogP contribution in [0.5, 0.6) is 0 Å². The molecule has 1 atom stereocenters. The van der Waals surface area contributed by atoms with Gasteiger partial charge in [-0.05, 0) is 35.9 Å². The van der Waals surface area contributed by atoms with Crippen LogP contribution < -0.4 is 10.6 Å². The summed E-state index contributed by atoms with van der Waals surface area (Å²) in [5.74, 6) is 0.538. The first-order valence-corrected chi connectivity index (χ1v) is 8.45. The highest BCUT2D eigenvalue weighted by molar-refractivity contribution is 6.35. The molecule has 0 unspecified atom stereocenters. The van der Waals surface area contributed by atoms with E-state index in [-0.39, 0.29) is 5.91 Å². The molecule has 0 fully saturated rings. The molecule has 3 aromatic rings. The fourth-order valence-electron chi connectivity index (χ4n) is 2.46. The van der Waals surface area contributed by atoms with E-state index in [1.54, 1.807) is 24.5 Å². The first kappa shape index (κ1) is 17.5. The van der Waals surface area contributed by atoms with Gasteiger partial charge in [0.15, 0.2) is 0 Å². The van der Waals surface area contributed by atoms with Crippen molar-refractivity contribution in [1.29, 1.82) is 0 Å². The van der Waals surface area contributed by atoms with Crippen LogP contribution in [0.4, 0.5) is 5.69 Å². The van der Waals surface area contributed by atoms with Crippen LogP contribution in [0.3, 0.4) is 0 Å². The molecule has 0 saturated carbocycles. The molecule has 0 aliphatic carbocycles. The molecular weight excluding hydrogens is 359 g/mol. The Morgan fingerprint density at radius 3 is 2.36 bits per heavy atom. The number of nitrogens with one attached hydrogen (secondary N) is 2. The molecule has 4 nitrogen and oxygen atoms in total. The van der Waals surface area contributed by atoms with Crippen molar-refractivity contribution in [2.45, 2.75) is 12.6 Å². The van der Waals surface area contributed by atoms with E-state index in [1.165, 1.54) is 0 Å². The number of rotatable bonds is 6. The van der Waals surface area contributed by atoms with E-state index in [9.17, 15) is 4.79 Å². The first-order valence-electron chi connectivity index (χ1n) is 7.69. The Morgan fingerprint density at radius 2 is 1.72 bits per heavy atom. The third-order valence-corrected chi connectivity index (χ3v) is 4.02. The number of anilines is 1. The van der Waals surface area contributed by atoms with E-state index in [1.807, 2.05) is 42.5 Å². The van der Waals surface area contributed by atoms with Crippen molar-refractivity contribution < 1.29 is 9.21 Å². The minimum Gasteiger partial charge on any atom is -0.468 e. The van der Waals surface area contributed by atoms with Gasteiger partial charge >= 0.3 is 0 Å². The molecule has 1 amide bonds. The smallest absolute Gasteiger partial charge is 0.246 e. The topological polar surface area (TPSA) is 54.3 Å². The molecule has 0 aliphatic rings. The average Bonchev–Trinajstić information content (AvgIpc) is 3.08. The van der Waals surface area contributed by atoms with E-state index >= 15 is 0 Å². The lowest BCUT2D eigenvalue weighted by Gasteiger charge is -2.18. The summed E-state index contributed by atoms with van der Waals surface area (Å²) in [5.41, 5.74) is 1.39. The molecule has 2 N–H and O–H groups in total. The summed E-state index contributed by atoms with van der Waals surface area (Å²) in [4.78, 5) is 12.8. The zero-order valence-electron chi connectivity index (χ0n) is 13.2. The molecule has 0 saturated heterocycles. The van der Waals surface area contributed by atoms with E-state index in [0.717, 1.165) is 11.3 Å². The molecule has 1 heterocycles. The van der Waals surface area contributed by atoms with Crippen LogP contribution in [-0.2, 0) is 11.3 Å². The van der Waals surface area contributed by atoms with Gasteiger partial charge in [-0.1, -0.05) is 53.5 Å². The standard InChI is InChI=1S/C19H16Cl2N2O2/c20-14-9-15(21)11-16(10-14)23-19(24)18(13-5-2-1-3-6-13)22-12-17-7-4-8-25-17/h1-11,18,22H,12H2,(H,23,24)/t18-/m1/s1. The maximum absolute atomic E-state index is 12.8. The number of carbonyl (C=O) groups is 1. The summed E-state index contributed by atoms with van der Waals surface area (Å²) in [6, 6.07) is 17.5. The third kappa shape index (κ3) is 4.86. The Balaban J connectivity index is 1.78. The number of hydrogen-bond acceptors (Lipinski definition) is 3. The SMILES string of the molecule is O=C(Nc1cc(Cl)cc(Cl)c1)[C@H](NCc1ccco1)c1ccccc1. The van der Waals surface area contributed by atoms with Crippen LogP contribution in [0.1, 0.15) is 17.4 Å². The number of halogens is 2. The highest BCUT2D eigenvalue weighted by Gasteiger charge is 2.20. The van der Waals surface area contributed by atoms with E-state index in [4.69, 9.17) is 27.6 Å². The maximum Gasteiger partial charge on any atom is 0.246 e. The van der Waals surface area contributed by atoms with Crippen molar-refractivity contribution >= 4 is 34.8 Å². The van der Waals surface area contributed by atoms with Crippen molar-refractivity contribution in [2.75, 3.05) is 5.32 Å². The van der Waals surface area contributed by atoms with Crippen molar-refractivity contribution in [3.05, 3.63) is 88.3 Å². The van der Waals surface area contributed by atoms with Gasteiger partial charge in [-0.3, -0.25) is 10.1 Å². The summed E-state index contributed by atoms with van der Waals surface area (Å²) < 4.78 is 5.32. The minimum absolute atomic E-state index is 0.212. The van der Waals surface area contributed by atoms with Gasteiger partial charge in [-0.2, -0.15) is 0 Å². The van der Waals surface area contributed by atoms with Gasteiger partial charge in [0.1, 0.15) is 11.8 Å². The fourth-order valence-corrected chi connectivity index (χ4v) is 2.99. The zero-order valence-corrected chi connectivity index (χ0v) is 14.7. The highest BCUT2D eigenvalue weighted by atomic mass is 35.5. The van der Waals surface area contributed by atoms with Crippen molar-refractivity contribution in [2.24, 2.45) is 0 Å². The largest absolute Gasteiger partial charge is 0.468 e. The summed E-state index contributed by atoms with van der Waals surface area (Å²) in [5, 5.41) is 6.99. The summed E-state index contributed by atoms with van der Waals surface area (Å²) in [6.45, 7) is 0.427. The Kier molecular flexibility index (Phi) is 5.76. The van der Waals surface area contributed by atoms with Crippen molar-refractivity contribution in [3.63, 3.8) is 0 Å². The number of carbonyl (C=O) groups excluding carboxylic acids is 1. The lowest BCUT2D eigenvalue weighted by atomic mass is 10.1. The molecule has 0 aliphatic heterocycles. The maximum atomic E-state index is 12.8. The van der Waals surface area contributed by atoms with Crippen LogP contribution in [0.15, 0.2) is 71.3 Å². The second kappa shape index (κ2) is 8.21. The van der Waals surface area contributed by atoms with Crippen LogP contribution in [-0.4, -0.2) is 5.91 Å². The molecule has 128 valence electrons. The zero-order chi connectivity index (χ0) is 17.6. The quantitative estimate of drug-likeness (QED) is 0.634. The Morgan fingerprint density at radius 1 is 1.00 bits per heavy atom. The molecule has 0 spiro atoms. The van der Waals surface area contributed by atoms with Gasteiger partial charge in [-0.25, -0.2) is 0 Å². The van der Waals surface area contributed by atoms with E-state index in [0.29, 0.717) is 22.3 Å². The molecule has 2 aromatic carbocycles. The third-order valence-electron chi connectivity index (χ3n) is 3.59. The van der Waals surface area contributed by atoms with Crippen LogP contribution in [0.25, 0.3) is 0 Å². The Bertz CT molecular complexity index is 816.